The minimum absolute atomic E-state index is 0.0727. The van der Waals surface area contributed by atoms with Gasteiger partial charge in [0, 0.05) is 42.7 Å². The van der Waals surface area contributed by atoms with Crippen LogP contribution in [0.4, 0.5) is 0 Å². The van der Waals surface area contributed by atoms with E-state index in [1.807, 2.05) is 48.5 Å². The van der Waals surface area contributed by atoms with Crippen molar-refractivity contribution in [2.45, 2.75) is 23.9 Å². The molecule has 33 heavy (non-hydrogen) atoms. The van der Waals surface area contributed by atoms with Gasteiger partial charge in [0.1, 0.15) is 0 Å². The van der Waals surface area contributed by atoms with Crippen LogP contribution in [0.2, 0.25) is 5.02 Å². The maximum Gasteiger partial charge on any atom is 0.259 e. The summed E-state index contributed by atoms with van der Waals surface area (Å²) >= 11 is 9.08. The zero-order chi connectivity index (χ0) is 22.8. The summed E-state index contributed by atoms with van der Waals surface area (Å²) in [6.07, 6.45) is 0.829. The molecule has 0 radical (unpaired) electrons. The number of ether oxygens (including phenoxy) is 1. The Balaban J connectivity index is 1.44. The SMILES string of the molecule is COCCCn1c(SCc2cc(=O)n3c(n2)sc2ccccc23)nnc1-c1ccc(Cl)cc1. The quantitative estimate of drug-likeness (QED) is 0.218. The van der Waals surface area contributed by atoms with Crippen LogP contribution in [0.5, 0.6) is 0 Å². The van der Waals surface area contributed by atoms with Crippen LogP contribution in [-0.4, -0.2) is 37.9 Å². The first-order valence-electron chi connectivity index (χ1n) is 10.3. The fraction of sp³-hybridized carbons (Fsp3) is 0.217. The Morgan fingerprint density at radius 1 is 1.12 bits per heavy atom. The molecule has 5 rings (SSSR count). The van der Waals surface area contributed by atoms with Gasteiger partial charge in [0.05, 0.1) is 15.9 Å². The zero-order valence-corrected chi connectivity index (χ0v) is 20.2. The molecule has 5 aromatic rings. The Hall–Kier alpha value is -2.72. The molecule has 3 aromatic heterocycles. The number of hydrogen-bond acceptors (Lipinski definition) is 7. The molecule has 10 heteroatoms. The molecule has 2 aromatic carbocycles. The summed E-state index contributed by atoms with van der Waals surface area (Å²) in [7, 11) is 1.69. The average Bonchev–Trinajstić information content (AvgIpc) is 3.39. The highest BCUT2D eigenvalue weighted by Gasteiger charge is 2.16. The van der Waals surface area contributed by atoms with Crippen LogP contribution in [0.1, 0.15) is 12.1 Å². The number of benzene rings is 2. The lowest BCUT2D eigenvalue weighted by molar-refractivity contribution is 0.189. The van der Waals surface area contributed by atoms with Crippen molar-refractivity contribution in [1.82, 2.24) is 24.1 Å². The number of fused-ring (bicyclic) bond motifs is 3. The number of methoxy groups -OCH3 is 1. The van der Waals surface area contributed by atoms with Gasteiger partial charge in [0.15, 0.2) is 15.9 Å². The number of halogens is 1. The highest BCUT2D eigenvalue weighted by Crippen LogP contribution is 2.28. The van der Waals surface area contributed by atoms with E-state index in [4.69, 9.17) is 21.3 Å². The first-order chi connectivity index (χ1) is 16.1. The van der Waals surface area contributed by atoms with Gasteiger partial charge in [-0.05, 0) is 42.8 Å². The second-order valence-corrected chi connectivity index (χ2v) is 9.76. The van der Waals surface area contributed by atoms with Crippen LogP contribution in [-0.2, 0) is 17.0 Å². The highest BCUT2D eigenvalue weighted by atomic mass is 35.5. The molecule has 0 fully saturated rings. The topological polar surface area (TPSA) is 74.3 Å². The number of para-hydroxylation sites is 1. The number of aromatic nitrogens is 5. The first-order valence-corrected chi connectivity index (χ1v) is 12.5. The number of nitrogens with zero attached hydrogens (tertiary/aromatic N) is 5. The Labute approximate surface area is 203 Å². The second kappa shape index (κ2) is 9.64. The molecule has 3 heterocycles. The molecule has 0 spiro atoms. The monoisotopic (exact) mass is 497 g/mol. The molecule has 0 unspecified atom stereocenters. The molecule has 0 aliphatic rings. The zero-order valence-electron chi connectivity index (χ0n) is 17.8. The summed E-state index contributed by atoms with van der Waals surface area (Å²) in [6.45, 7) is 1.36. The van der Waals surface area contributed by atoms with Crippen molar-refractivity contribution in [2.75, 3.05) is 13.7 Å². The summed E-state index contributed by atoms with van der Waals surface area (Å²) in [5.41, 5.74) is 2.48. The van der Waals surface area contributed by atoms with Gasteiger partial charge in [-0.1, -0.05) is 46.8 Å². The molecule has 0 saturated carbocycles. The van der Waals surface area contributed by atoms with Crippen LogP contribution in [0, 0.1) is 0 Å². The van der Waals surface area contributed by atoms with Gasteiger partial charge in [0.2, 0.25) is 0 Å². The number of rotatable bonds is 8. The van der Waals surface area contributed by atoms with Crippen LogP contribution >= 0.6 is 34.7 Å². The highest BCUT2D eigenvalue weighted by molar-refractivity contribution is 7.98. The number of thiazole rings is 1. The van der Waals surface area contributed by atoms with E-state index in [1.54, 1.807) is 17.6 Å². The third-order valence-corrected chi connectivity index (χ3v) is 7.42. The lowest BCUT2D eigenvalue weighted by Gasteiger charge is -2.10. The van der Waals surface area contributed by atoms with Crippen molar-refractivity contribution in [1.29, 1.82) is 0 Å². The summed E-state index contributed by atoms with van der Waals surface area (Å²) in [6, 6.07) is 17.0. The third-order valence-electron chi connectivity index (χ3n) is 5.15. The van der Waals surface area contributed by atoms with Gasteiger partial charge in [-0.25, -0.2) is 4.98 Å². The first kappa shape index (κ1) is 22.1. The molecule has 168 valence electrons. The van der Waals surface area contributed by atoms with Crippen molar-refractivity contribution >= 4 is 49.9 Å². The van der Waals surface area contributed by atoms with Gasteiger partial charge in [-0.3, -0.25) is 9.20 Å². The smallest absolute Gasteiger partial charge is 0.259 e. The molecule has 0 atom stereocenters. The second-order valence-electron chi connectivity index (χ2n) is 7.37. The largest absolute Gasteiger partial charge is 0.385 e. The van der Waals surface area contributed by atoms with Crippen LogP contribution in [0.25, 0.3) is 26.6 Å². The molecule has 0 aliphatic heterocycles. The van der Waals surface area contributed by atoms with Gasteiger partial charge < -0.3 is 9.30 Å². The van der Waals surface area contributed by atoms with Crippen molar-refractivity contribution in [2.24, 2.45) is 0 Å². The van der Waals surface area contributed by atoms with Crippen molar-refractivity contribution in [3.63, 3.8) is 0 Å². The molecular weight excluding hydrogens is 478 g/mol. The average molecular weight is 498 g/mol. The standard InChI is InChI=1S/C23H20ClN5O2S2/c1-31-12-4-11-28-21(15-7-9-16(24)10-8-15)26-27-23(28)32-14-17-13-20(30)29-18-5-2-3-6-19(18)33-22(29)25-17/h2-3,5-10,13H,4,11-12,14H2,1H3. The molecule has 0 bridgehead atoms. The van der Waals surface area contributed by atoms with Crippen molar-refractivity contribution in [3.8, 4) is 11.4 Å². The van der Waals surface area contributed by atoms with Gasteiger partial charge >= 0.3 is 0 Å². The fourth-order valence-corrected chi connectivity index (χ4v) is 5.64. The molecule has 7 nitrogen and oxygen atoms in total. The normalized spacial score (nSPS) is 11.6. The van der Waals surface area contributed by atoms with E-state index in [1.165, 1.54) is 23.1 Å². The fourth-order valence-electron chi connectivity index (χ4n) is 3.61. The minimum atomic E-state index is -0.0727. The Bertz CT molecular complexity index is 1480. The van der Waals surface area contributed by atoms with E-state index < -0.39 is 0 Å². The molecule has 0 amide bonds. The predicted molar refractivity (Wildman–Crippen MR) is 133 cm³/mol. The molecule has 0 aliphatic carbocycles. The van der Waals surface area contributed by atoms with E-state index in [0.717, 1.165) is 38.9 Å². The third kappa shape index (κ3) is 4.54. The summed E-state index contributed by atoms with van der Waals surface area (Å²) in [5, 5.41) is 10.3. The van der Waals surface area contributed by atoms with E-state index in [2.05, 4.69) is 14.8 Å². The van der Waals surface area contributed by atoms with Gasteiger partial charge in [0.25, 0.3) is 5.56 Å². The maximum atomic E-state index is 12.8. The number of thioether (sulfide) groups is 1. The Kier molecular flexibility index (Phi) is 6.45. The van der Waals surface area contributed by atoms with Crippen molar-refractivity contribution < 1.29 is 4.74 Å². The molecule has 0 N–H and O–H groups in total. The summed E-state index contributed by atoms with van der Waals surface area (Å²) in [4.78, 5) is 18.2. The van der Waals surface area contributed by atoms with Gasteiger partial charge in [-0.2, -0.15) is 0 Å². The van der Waals surface area contributed by atoms with E-state index in [0.29, 0.717) is 28.9 Å². The van der Waals surface area contributed by atoms with Crippen LogP contribution in [0.3, 0.4) is 0 Å². The lowest BCUT2D eigenvalue weighted by atomic mass is 10.2. The van der Waals surface area contributed by atoms with Gasteiger partial charge in [-0.15, -0.1) is 10.2 Å². The van der Waals surface area contributed by atoms with E-state index in [9.17, 15) is 4.79 Å². The number of hydrogen-bond donors (Lipinski definition) is 0. The predicted octanol–water partition coefficient (Wildman–Crippen LogP) is 5.15. The summed E-state index contributed by atoms with van der Waals surface area (Å²) < 4.78 is 10.0. The Morgan fingerprint density at radius 3 is 2.76 bits per heavy atom. The summed E-state index contributed by atoms with van der Waals surface area (Å²) in [5.74, 6) is 1.29. The minimum Gasteiger partial charge on any atom is -0.385 e. The maximum absolute atomic E-state index is 12.8. The van der Waals surface area contributed by atoms with E-state index in [-0.39, 0.29) is 5.56 Å². The molecule has 0 saturated heterocycles. The Morgan fingerprint density at radius 2 is 1.94 bits per heavy atom. The molecular formula is C23H20ClN5O2S2. The van der Waals surface area contributed by atoms with E-state index >= 15 is 0 Å². The van der Waals surface area contributed by atoms with Crippen LogP contribution in [0.15, 0.2) is 64.5 Å². The lowest BCUT2D eigenvalue weighted by Crippen LogP contribution is -2.13. The van der Waals surface area contributed by atoms with Crippen molar-refractivity contribution in [3.05, 3.63) is 75.7 Å². The van der Waals surface area contributed by atoms with Crippen LogP contribution < -0.4 is 5.56 Å².